The first-order valence-electron chi connectivity index (χ1n) is 5.99. The van der Waals surface area contributed by atoms with Gasteiger partial charge in [-0.05, 0) is 46.3 Å². The number of benzene rings is 2. The molecule has 0 amide bonds. The van der Waals surface area contributed by atoms with Crippen LogP contribution in [-0.4, -0.2) is 20.0 Å². The van der Waals surface area contributed by atoms with Crippen molar-refractivity contribution in [1.82, 2.24) is 0 Å². The molecule has 0 radical (unpaired) electrons. The van der Waals surface area contributed by atoms with E-state index in [9.17, 15) is 4.79 Å². The van der Waals surface area contributed by atoms with E-state index >= 15 is 0 Å². The molecule has 110 valence electrons. The van der Waals surface area contributed by atoms with Crippen molar-refractivity contribution in [3.8, 4) is 11.5 Å². The van der Waals surface area contributed by atoms with Crippen LogP contribution in [0.1, 0.15) is 15.9 Å². The minimum absolute atomic E-state index is 0.258. The highest BCUT2D eigenvalue weighted by Gasteiger charge is 2.19. The quantitative estimate of drug-likeness (QED) is 0.654. The fourth-order valence-corrected chi connectivity index (χ4v) is 2.59. The third-order valence-electron chi connectivity index (χ3n) is 2.98. The lowest BCUT2D eigenvalue weighted by Gasteiger charge is -2.12. The minimum atomic E-state index is -0.258. The molecule has 0 atom stereocenters. The van der Waals surface area contributed by atoms with Crippen molar-refractivity contribution in [3.63, 3.8) is 0 Å². The Hall–Kier alpha value is -1.72. The molecule has 2 rings (SSSR count). The molecule has 0 bridgehead atoms. The first-order chi connectivity index (χ1) is 9.97. The molecule has 2 N–H and O–H groups in total. The van der Waals surface area contributed by atoms with Crippen LogP contribution in [0.25, 0.3) is 0 Å². The van der Waals surface area contributed by atoms with Crippen LogP contribution in [0.5, 0.6) is 11.5 Å². The second-order valence-electron chi connectivity index (χ2n) is 4.25. The highest BCUT2D eigenvalue weighted by Crippen LogP contribution is 2.34. The molecular formula is C15H13BrClNO3. The number of nitrogen functional groups attached to an aromatic ring is 1. The van der Waals surface area contributed by atoms with Crippen molar-refractivity contribution in [1.29, 1.82) is 0 Å². The number of hydrogen-bond acceptors (Lipinski definition) is 4. The maximum atomic E-state index is 12.7. The van der Waals surface area contributed by atoms with Crippen LogP contribution in [0, 0.1) is 0 Å². The largest absolute Gasteiger partial charge is 0.496 e. The van der Waals surface area contributed by atoms with Crippen molar-refractivity contribution in [3.05, 3.63) is 51.0 Å². The number of hydrogen-bond donors (Lipinski definition) is 1. The molecule has 0 saturated heterocycles. The molecule has 0 saturated carbocycles. The zero-order valence-electron chi connectivity index (χ0n) is 11.4. The van der Waals surface area contributed by atoms with Gasteiger partial charge in [0.25, 0.3) is 0 Å². The van der Waals surface area contributed by atoms with Crippen molar-refractivity contribution in [2.75, 3.05) is 20.0 Å². The Morgan fingerprint density at radius 3 is 2.33 bits per heavy atom. The molecule has 4 nitrogen and oxygen atoms in total. The molecule has 2 aromatic rings. The summed E-state index contributed by atoms with van der Waals surface area (Å²) in [6.07, 6.45) is 0. The van der Waals surface area contributed by atoms with Crippen LogP contribution in [0.3, 0.4) is 0 Å². The fraction of sp³-hybridized carbons (Fsp3) is 0.133. The van der Waals surface area contributed by atoms with E-state index in [2.05, 4.69) is 15.9 Å². The molecule has 6 heteroatoms. The second-order valence-corrected chi connectivity index (χ2v) is 5.54. The van der Waals surface area contributed by atoms with E-state index in [0.717, 1.165) is 0 Å². The van der Waals surface area contributed by atoms with Gasteiger partial charge in [-0.25, -0.2) is 0 Å². The molecule has 0 spiro atoms. The normalized spacial score (nSPS) is 10.3. The lowest BCUT2D eigenvalue weighted by atomic mass is 10.0. The number of nitrogens with two attached hydrogens (primary N) is 1. The van der Waals surface area contributed by atoms with Crippen LogP contribution in [-0.2, 0) is 0 Å². The smallest absolute Gasteiger partial charge is 0.198 e. The Kier molecular flexibility index (Phi) is 4.75. The van der Waals surface area contributed by atoms with Crippen molar-refractivity contribution < 1.29 is 14.3 Å². The Labute approximate surface area is 135 Å². The number of ketones is 1. The minimum Gasteiger partial charge on any atom is -0.496 e. The topological polar surface area (TPSA) is 61.5 Å². The molecule has 0 aliphatic heterocycles. The lowest BCUT2D eigenvalue weighted by Crippen LogP contribution is -2.07. The summed E-state index contributed by atoms with van der Waals surface area (Å²) in [5.74, 6) is 0.709. The number of anilines is 1. The Bertz CT molecular complexity index is 704. The molecule has 21 heavy (non-hydrogen) atoms. The van der Waals surface area contributed by atoms with E-state index in [-0.39, 0.29) is 5.78 Å². The van der Waals surface area contributed by atoms with E-state index in [1.54, 1.807) is 24.3 Å². The van der Waals surface area contributed by atoms with Gasteiger partial charge in [0.2, 0.25) is 0 Å². The van der Waals surface area contributed by atoms with Gasteiger partial charge in [-0.2, -0.15) is 0 Å². The highest BCUT2D eigenvalue weighted by molar-refractivity contribution is 9.10. The molecule has 2 aromatic carbocycles. The van der Waals surface area contributed by atoms with Gasteiger partial charge in [-0.15, -0.1) is 0 Å². The zero-order chi connectivity index (χ0) is 15.6. The third-order valence-corrected chi connectivity index (χ3v) is 3.83. The summed E-state index contributed by atoms with van der Waals surface area (Å²) < 4.78 is 11.2. The maximum Gasteiger partial charge on any atom is 0.198 e. The van der Waals surface area contributed by atoms with Gasteiger partial charge in [0.1, 0.15) is 11.5 Å². The van der Waals surface area contributed by atoms with Gasteiger partial charge in [-0.3, -0.25) is 4.79 Å². The third kappa shape index (κ3) is 3.14. The number of methoxy groups -OCH3 is 2. The summed E-state index contributed by atoms with van der Waals surface area (Å²) in [5.41, 5.74) is 6.91. The summed E-state index contributed by atoms with van der Waals surface area (Å²) in [7, 11) is 3.02. The maximum absolute atomic E-state index is 12.7. The van der Waals surface area contributed by atoms with Gasteiger partial charge in [0.05, 0.1) is 24.3 Å². The van der Waals surface area contributed by atoms with Crippen molar-refractivity contribution >= 4 is 39.0 Å². The lowest BCUT2D eigenvalue weighted by molar-refractivity contribution is 0.103. The Balaban J connectivity index is 2.56. The Morgan fingerprint density at radius 1 is 1.10 bits per heavy atom. The van der Waals surface area contributed by atoms with Crippen LogP contribution in [0.2, 0.25) is 5.02 Å². The first kappa shape index (κ1) is 15.7. The number of carbonyl (C=O) groups is 1. The predicted molar refractivity (Wildman–Crippen MR) is 86.5 cm³/mol. The number of halogens is 2. The van der Waals surface area contributed by atoms with Crippen molar-refractivity contribution in [2.45, 2.75) is 0 Å². The number of rotatable bonds is 4. The summed E-state index contributed by atoms with van der Waals surface area (Å²) in [6.45, 7) is 0. The SMILES string of the molecule is COc1cc(C(=O)c2ccc(Cl)cc2N)c(OC)cc1Br. The fourth-order valence-electron chi connectivity index (χ4n) is 1.92. The van der Waals surface area contributed by atoms with E-state index in [4.69, 9.17) is 26.8 Å². The van der Waals surface area contributed by atoms with Crippen molar-refractivity contribution in [2.24, 2.45) is 0 Å². The predicted octanol–water partition coefficient (Wildman–Crippen LogP) is 3.93. The molecule has 0 aromatic heterocycles. The summed E-state index contributed by atoms with van der Waals surface area (Å²) in [4.78, 5) is 12.7. The number of carbonyl (C=O) groups excluding carboxylic acids is 1. The van der Waals surface area contributed by atoms with Gasteiger partial charge >= 0.3 is 0 Å². The van der Waals surface area contributed by atoms with E-state index in [1.807, 2.05) is 0 Å². The average molecular weight is 371 g/mol. The van der Waals surface area contributed by atoms with Crippen LogP contribution < -0.4 is 15.2 Å². The van der Waals surface area contributed by atoms with Gasteiger partial charge in [0, 0.05) is 16.3 Å². The summed E-state index contributed by atoms with van der Waals surface area (Å²) >= 11 is 9.21. The first-order valence-corrected chi connectivity index (χ1v) is 7.16. The average Bonchev–Trinajstić information content (AvgIpc) is 2.46. The van der Waals surface area contributed by atoms with Gasteiger partial charge in [-0.1, -0.05) is 11.6 Å². The molecule has 0 heterocycles. The molecule has 0 aliphatic carbocycles. The zero-order valence-corrected chi connectivity index (χ0v) is 13.8. The number of ether oxygens (including phenoxy) is 2. The van der Waals surface area contributed by atoms with Crippen LogP contribution in [0.15, 0.2) is 34.8 Å². The molecule has 0 unspecified atom stereocenters. The standard InChI is InChI=1S/C15H13BrClNO3/c1-20-13-7-11(16)14(21-2)6-10(13)15(19)9-4-3-8(17)5-12(9)18/h3-7H,18H2,1-2H3. The van der Waals surface area contributed by atoms with E-state index < -0.39 is 0 Å². The second kappa shape index (κ2) is 6.37. The van der Waals surface area contributed by atoms with E-state index in [1.165, 1.54) is 20.3 Å². The van der Waals surface area contributed by atoms with Crippen LogP contribution in [0.4, 0.5) is 5.69 Å². The highest BCUT2D eigenvalue weighted by atomic mass is 79.9. The van der Waals surface area contributed by atoms with E-state index in [0.29, 0.717) is 37.8 Å². The van der Waals surface area contributed by atoms with Crippen LogP contribution >= 0.6 is 27.5 Å². The molecular weight excluding hydrogens is 358 g/mol. The molecule has 0 aliphatic rings. The van der Waals surface area contributed by atoms with Gasteiger partial charge in [0.15, 0.2) is 5.78 Å². The molecule has 0 fully saturated rings. The summed E-state index contributed by atoms with van der Waals surface area (Å²) in [6, 6.07) is 8.04. The summed E-state index contributed by atoms with van der Waals surface area (Å²) in [5, 5.41) is 0.476. The van der Waals surface area contributed by atoms with Gasteiger partial charge < -0.3 is 15.2 Å². The monoisotopic (exact) mass is 369 g/mol. The Morgan fingerprint density at radius 2 is 1.76 bits per heavy atom.